The summed E-state index contributed by atoms with van der Waals surface area (Å²) in [6.07, 6.45) is 0. The lowest BCUT2D eigenvalue weighted by Crippen LogP contribution is -1.96. The minimum absolute atomic E-state index is 0.698. The van der Waals surface area contributed by atoms with Crippen LogP contribution in [0, 0.1) is 0 Å². The molecule has 4 nitrogen and oxygen atoms in total. The van der Waals surface area contributed by atoms with Crippen molar-refractivity contribution in [3.05, 3.63) is 243 Å². The minimum Gasteiger partial charge on any atom is -0.309 e. The van der Waals surface area contributed by atoms with E-state index in [0.717, 1.165) is 83.6 Å². The lowest BCUT2D eigenvalue weighted by Gasteiger charge is -2.15. The third-order valence-electron chi connectivity index (χ3n) is 13.2. The van der Waals surface area contributed by atoms with Gasteiger partial charge in [-0.3, -0.25) is 0 Å². The van der Waals surface area contributed by atoms with Gasteiger partial charge in [0.25, 0.3) is 0 Å². The van der Waals surface area contributed by atoms with Crippen LogP contribution in [0.1, 0.15) is 0 Å². The number of aromatic nitrogens is 4. The predicted octanol–water partition coefficient (Wildman–Crippen LogP) is 16.4. The van der Waals surface area contributed by atoms with Crippen LogP contribution in [0.4, 0.5) is 0 Å². The maximum absolute atomic E-state index is 5.43. The molecule has 0 amide bonds. The van der Waals surface area contributed by atoms with Crippen molar-refractivity contribution in [2.24, 2.45) is 0 Å². The molecule has 67 heavy (non-hydrogen) atoms. The fourth-order valence-corrected chi connectivity index (χ4v) is 9.92. The number of hydrogen-bond acceptors (Lipinski definition) is 3. The standard InChI is InChI=1S/C63H40N4/c1-3-15-44(16-4-1)57-40-58(45-17-5-2-6-18-45)66-63(65-57)47-32-28-42(29-33-47)41-26-30-46(31-27-41)62-54-36-34-43-14-7-8-21-51(43)61(54)55-39-49(35-37-56(55)64-62)48-19-13-20-50(38-48)67-59-24-11-9-22-52(59)53-23-10-12-25-60(53)67/h1-40H. The molecule has 0 bridgehead atoms. The molecule has 3 aromatic heterocycles. The van der Waals surface area contributed by atoms with Gasteiger partial charge in [0, 0.05) is 54.9 Å². The van der Waals surface area contributed by atoms with Gasteiger partial charge in [-0.25, -0.2) is 15.0 Å². The second-order valence-corrected chi connectivity index (χ2v) is 17.2. The van der Waals surface area contributed by atoms with E-state index in [1.807, 2.05) is 36.4 Å². The number of rotatable bonds is 7. The van der Waals surface area contributed by atoms with Gasteiger partial charge in [0.15, 0.2) is 5.82 Å². The maximum atomic E-state index is 5.43. The number of benzene rings is 10. The van der Waals surface area contributed by atoms with Crippen molar-refractivity contribution in [3.63, 3.8) is 0 Å². The molecule has 13 aromatic rings. The van der Waals surface area contributed by atoms with Crippen LogP contribution in [-0.4, -0.2) is 19.5 Å². The van der Waals surface area contributed by atoms with Gasteiger partial charge in [0.2, 0.25) is 0 Å². The zero-order valence-electron chi connectivity index (χ0n) is 36.4. The Morgan fingerprint density at radius 3 is 1.46 bits per heavy atom. The highest BCUT2D eigenvalue weighted by Gasteiger charge is 2.17. The van der Waals surface area contributed by atoms with Crippen LogP contribution >= 0.6 is 0 Å². The summed E-state index contributed by atoms with van der Waals surface area (Å²) in [7, 11) is 0. The Kier molecular flexibility index (Phi) is 9.14. The van der Waals surface area contributed by atoms with E-state index in [1.54, 1.807) is 0 Å². The first kappa shape index (κ1) is 38.5. The number of pyridine rings is 1. The highest BCUT2D eigenvalue weighted by molar-refractivity contribution is 6.23. The van der Waals surface area contributed by atoms with Crippen molar-refractivity contribution < 1.29 is 0 Å². The summed E-state index contributed by atoms with van der Waals surface area (Å²) < 4.78 is 2.38. The normalized spacial score (nSPS) is 11.6. The molecule has 0 atom stereocenters. The van der Waals surface area contributed by atoms with E-state index in [2.05, 4.69) is 211 Å². The van der Waals surface area contributed by atoms with Gasteiger partial charge in [0.05, 0.1) is 33.6 Å². The summed E-state index contributed by atoms with van der Waals surface area (Å²) in [5, 5.41) is 8.43. The first-order valence-corrected chi connectivity index (χ1v) is 22.8. The molecule has 0 N–H and O–H groups in total. The molecule has 3 heterocycles. The highest BCUT2D eigenvalue weighted by atomic mass is 15.0. The Morgan fingerprint density at radius 2 is 0.806 bits per heavy atom. The second-order valence-electron chi connectivity index (χ2n) is 17.2. The van der Waals surface area contributed by atoms with Crippen molar-refractivity contribution in [1.29, 1.82) is 0 Å². The van der Waals surface area contributed by atoms with E-state index in [-0.39, 0.29) is 0 Å². The SMILES string of the molecule is c1ccc(-c2cc(-c3ccccc3)nc(-c3ccc(-c4ccc(-c5nc6ccc(-c7cccc(-n8c9ccccc9c9ccccc98)c7)cc6c6c5ccc5ccccc56)cc4)cc3)n2)cc1. The van der Waals surface area contributed by atoms with E-state index in [1.165, 1.54) is 38.0 Å². The molecule has 0 saturated carbocycles. The number of nitrogens with zero attached hydrogens (tertiary/aromatic N) is 4. The zero-order chi connectivity index (χ0) is 44.3. The summed E-state index contributed by atoms with van der Waals surface area (Å²) in [6, 6.07) is 86.3. The summed E-state index contributed by atoms with van der Waals surface area (Å²) in [5.74, 6) is 0.698. The zero-order valence-corrected chi connectivity index (χ0v) is 36.4. The molecule has 0 fully saturated rings. The van der Waals surface area contributed by atoms with Crippen molar-refractivity contribution in [1.82, 2.24) is 19.5 Å². The molecule has 0 unspecified atom stereocenters. The molecule has 0 aliphatic carbocycles. The van der Waals surface area contributed by atoms with Crippen LogP contribution in [0.25, 0.3) is 127 Å². The van der Waals surface area contributed by atoms with Gasteiger partial charge in [-0.15, -0.1) is 0 Å². The first-order chi connectivity index (χ1) is 33.2. The van der Waals surface area contributed by atoms with E-state index >= 15 is 0 Å². The molecule has 0 saturated heterocycles. The average Bonchev–Trinajstić information content (AvgIpc) is 3.75. The van der Waals surface area contributed by atoms with E-state index in [4.69, 9.17) is 15.0 Å². The Balaban J connectivity index is 0.867. The van der Waals surface area contributed by atoms with E-state index in [0.29, 0.717) is 5.82 Å². The van der Waals surface area contributed by atoms with Crippen LogP contribution in [0.15, 0.2) is 243 Å². The van der Waals surface area contributed by atoms with Gasteiger partial charge in [0.1, 0.15) is 0 Å². The molecule has 13 rings (SSSR count). The molecule has 10 aromatic carbocycles. The number of hydrogen-bond donors (Lipinski definition) is 0. The summed E-state index contributed by atoms with van der Waals surface area (Å²) in [5.41, 5.74) is 16.0. The van der Waals surface area contributed by atoms with Gasteiger partial charge in [-0.05, 0) is 75.5 Å². The van der Waals surface area contributed by atoms with Crippen molar-refractivity contribution in [2.45, 2.75) is 0 Å². The van der Waals surface area contributed by atoms with Gasteiger partial charge >= 0.3 is 0 Å². The molecule has 0 aliphatic rings. The van der Waals surface area contributed by atoms with Crippen LogP contribution in [-0.2, 0) is 0 Å². The van der Waals surface area contributed by atoms with Crippen molar-refractivity contribution >= 4 is 54.3 Å². The topological polar surface area (TPSA) is 43.6 Å². The summed E-state index contributed by atoms with van der Waals surface area (Å²) in [4.78, 5) is 15.5. The fraction of sp³-hybridized carbons (Fsp3) is 0. The van der Waals surface area contributed by atoms with Crippen molar-refractivity contribution in [2.75, 3.05) is 0 Å². The average molecular weight is 853 g/mol. The maximum Gasteiger partial charge on any atom is 0.160 e. The Hall–Kier alpha value is -8.99. The van der Waals surface area contributed by atoms with Crippen LogP contribution in [0.5, 0.6) is 0 Å². The van der Waals surface area contributed by atoms with Crippen LogP contribution < -0.4 is 0 Å². The third kappa shape index (κ3) is 6.74. The number of fused-ring (bicyclic) bond motifs is 8. The fourth-order valence-electron chi connectivity index (χ4n) is 9.92. The predicted molar refractivity (Wildman–Crippen MR) is 279 cm³/mol. The van der Waals surface area contributed by atoms with Gasteiger partial charge in [-0.1, -0.05) is 200 Å². The van der Waals surface area contributed by atoms with Gasteiger partial charge in [-0.2, -0.15) is 0 Å². The molecular weight excluding hydrogens is 813 g/mol. The monoisotopic (exact) mass is 852 g/mol. The Morgan fingerprint density at radius 1 is 0.284 bits per heavy atom. The molecule has 4 heteroatoms. The molecule has 0 spiro atoms. The van der Waals surface area contributed by atoms with E-state index < -0.39 is 0 Å². The van der Waals surface area contributed by atoms with Gasteiger partial charge < -0.3 is 4.57 Å². The smallest absolute Gasteiger partial charge is 0.160 e. The largest absolute Gasteiger partial charge is 0.309 e. The number of para-hydroxylation sites is 2. The molecule has 0 aliphatic heterocycles. The lowest BCUT2D eigenvalue weighted by molar-refractivity contribution is 1.18. The Bertz CT molecular complexity index is 3890. The first-order valence-electron chi connectivity index (χ1n) is 22.8. The lowest BCUT2D eigenvalue weighted by atomic mass is 9.93. The Labute approximate surface area is 387 Å². The van der Waals surface area contributed by atoms with Crippen molar-refractivity contribution in [3.8, 4) is 73.1 Å². The molecule has 0 radical (unpaired) electrons. The van der Waals surface area contributed by atoms with Crippen LogP contribution in [0.3, 0.4) is 0 Å². The summed E-state index contributed by atoms with van der Waals surface area (Å²) >= 11 is 0. The third-order valence-corrected chi connectivity index (χ3v) is 13.2. The summed E-state index contributed by atoms with van der Waals surface area (Å²) in [6.45, 7) is 0. The minimum atomic E-state index is 0.698. The van der Waals surface area contributed by atoms with Crippen LogP contribution in [0.2, 0.25) is 0 Å². The molecular formula is C63H40N4. The highest BCUT2D eigenvalue weighted by Crippen LogP contribution is 2.40. The second kappa shape index (κ2) is 15.9. The van der Waals surface area contributed by atoms with E-state index in [9.17, 15) is 0 Å². The molecule has 312 valence electrons. The quantitative estimate of drug-likeness (QED) is 0.150.